The Morgan fingerprint density at radius 1 is 1.24 bits per heavy atom. The fourth-order valence-electron chi connectivity index (χ4n) is 2.88. The summed E-state index contributed by atoms with van der Waals surface area (Å²) in [7, 11) is 3.39. The predicted octanol–water partition coefficient (Wildman–Crippen LogP) is 2.40. The van der Waals surface area contributed by atoms with Crippen molar-refractivity contribution in [1.29, 1.82) is 0 Å². The Morgan fingerprint density at radius 3 is 2.41 bits per heavy atom. The van der Waals surface area contributed by atoms with Gasteiger partial charge >= 0.3 is 0 Å². The van der Waals surface area contributed by atoms with E-state index in [1.165, 1.54) is 5.56 Å². The van der Waals surface area contributed by atoms with Crippen molar-refractivity contribution >= 4 is 0 Å². The molecule has 1 aliphatic rings. The molecule has 3 nitrogen and oxygen atoms in total. The van der Waals surface area contributed by atoms with Gasteiger partial charge in [-0.05, 0) is 42.0 Å². The summed E-state index contributed by atoms with van der Waals surface area (Å²) in [5.41, 5.74) is 7.30. The maximum atomic E-state index is 5.83. The third-order valence-corrected chi connectivity index (χ3v) is 4.08. The molecule has 0 aliphatic heterocycles. The third kappa shape index (κ3) is 1.89. The molecule has 2 unspecified atom stereocenters. The quantitative estimate of drug-likeness (QED) is 0.871. The van der Waals surface area contributed by atoms with E-state index in [1.54, 1.807) is 14.2 Å². The normalized spacial score (nSPS) is 25.5. The molecule has 2 atom stereocenters. The van der Waals surface area contributed by atoms with Gasteiger partial charge in [0, 0.05) is 5.56 Å². The van der Waals surface area contributed by atoms with Crippen molar-refractivity contribution in [2.75, 3.05) is 20.8 Å². The van der Waals surface area contributed by atoms with Crippen LogP contribution in [-0.4, -0.2) is 20.8 Å². The smallest absolute Gasteiger partial charge is 0.122 e. The molecular weight excluding hydrogens is 214 g/mol. The largest absolute Gasteiger partial charge is 0.497 e. The van der Waals surface area contributed by atoms with Crippen molar-refractivity contribution in [3.8, 4) is 11.5 Å². The van der Waals surface area contributed by atoms with E-state index in [2.05, 4.69) is 19.9 Å². The molecule has 1 saturated carbocycles. The van der Waals surface area contributed by atoms with Crippen molar-refractivity contribution in [3.63, 3.8) is 0 Å². The predicted molar refractivity (Wildman–Crippen MR) is 68.6 cm³/mol. The molecule has 2 rings (SSSR count). The standard InChI is InChI=1S/C14H21NO2/c1-14(2)11(8-15)13(14)10-7-9(16-3)5-6-12(10)17-4/h5-7,11,13H,8,15H2,1-4H3. The first kappa shape index (κ1) is 12.2. The van der Waals surface area contributed by atoms with E-state index < -0.39 is 0 Å². The monoisotopic (exact) mass is 235 g/mol. The van der Waals surface area contributed by atoms with Crippen LogP contribution in [0.4, 0.5) is 0 Å². The van der Waals surface area contributed by atoms with Crippen LogP contribution in [0.2, 0.25) is 0 Å². The number of hydrogen-bond acceptors (Lipinski definition) is 3. The number of benzene rings is 1. The summed E-state index contributed by atoms with van der Waals surface area (Å²) in [6.45, 7) is 5.24. The maximum absolute atomic E-state index is 5.83. The lowest BCUT2D eigenvalue weighted by atomic mass is 10.0. The molecule has 0 heterocycles. The van der Waals surface area contributed by atoms with E-state index in [1.807, 2.05) is 12.1 Å². The molecular formula is C14H21NO2. The number of methoxy groups -OCH3 is 2. The summed E-state index contributed by atoms with van der Waals surface area (Å²) in [4.78, 5) is 0. The molecule has 0 aromatic heterocycles. The molecule has 0 saturated heterocycles. The van der Waals surface area contributed by atoms with Crippen LogP contribution in [0.25, 0.3) is 0 Å². The highest BCUT2D eigenvalue weighted by Crippen LogP contribution is 2.65. The van der Waals surface area contributed by atoms with Gasteiger partial charge < -0.3 is 15.2 Å². The van der Waals surface area contributed by atoms with Crippen LogP contribution in [-0.2, 0) is 0 Å². The van der Waals surface area contributed by atoms with Crippen LogP contribution in [0.3, 0.4) is 0 Å². The third-order valence-electron chi connectivity index (χ3n) is 4.08. The lowest BCUT2D eigenvalue weighted by molar-refractivity contribution is 0.397. The maximum Gasteiger partial charge on any atom is 0.122 e. The van der Waals surface area contributed by atoms with Gasteiger partial charge in [-0.25, -0.2) is 0 Å². The van der Waals surface area contributed by atoms with Crippen molar-refractivity contribution in [2.45, 2.75) is 19.8 Å². The van der Waals surface area contributed by atoms with Gasteiger partial charge in [-0.2, -0.15) is 0 Å². The highest BCUT2D eigenvalue weighted by Gasteiger charge is 2.58. The van der Waals surface area contributed by atoms with Gasteiger partial charge in [0.15, 0.2) is 0 Å². The topological polar surface area (TPSA) is 44.5 Å². The Morgan fingerprint density at radius 2 is 1.94 bits per heavy atom. The first-order valence-electron chi connectivity index (χ1n) is 5.98. The van der Waals surface area contributed by atoms with Gasteiger partial charge in [-0.1, -0.05) is 13.8 Å². The molecule has 2 N–H and O–H groups in total. The van der Waals surface area contributed by atoms with Crippen LogP contribution in [0, 0.1) is 11.3 Å². The summed E-state index contributed by atoms with van der Waals surface area (Å²) in [6, 6.07) is 5.96. The minimum absolute atomic E-state index is 0.258. The van der Waals surface area contributed by atoms with E-state index in [-0.39, 0.29) is 5.41 Å². The van der Waals surface area contributed by atoms with Crippen LogP contribution in [0.1, 0.15) is 25.3 Å². The highest BCUT2D eigenvalue weighted by atomic mass is 16.5. The van der Waals surface area contributed by atoms with Crippen LogP contribution < -0.4 is 15.2 Å². The molecule has 1 aromatic rings. The van der Waals surface area contributed by atoms with Gasteiger partial charge in [0.2, 0.25) is 0 Å². The fraction of sp³-hybridized carbons (Fsp3) is 0.571. The van der Waals surface area contributed by atoms with Crippen molar-refractivity contribution < 1.29 is 9.47 Å². The summed E-state index contributed by atoms with van der Waals surface area (Å²) < 4.78 is 10.7. The Balaban J connectivity index is 2.38. The lowest BCUT2D eigenvalue weighted by Crippen LogP contribution is -2.05. The molecule has 0 spiro atoms. The molecule has 0 bridgehead atoms. The second-order valence-corrected chi connectivity index (χ2v) is 5.25. The number of nitrogens with two attached hydrogens (primary N) is 1. The number of hydrogen-bond donors (Lipinski definition) is 1. The van der Waals surface area contributed by atoms with Crippen molar-refractivity contribution in [2.24, 2.45) is 17.1 Å². The van der Waals surface area contributed by atoms with Crippen molar-refractivity contribution in [1.82, 2.24) is 0 Å². The summed E-state index contributed by atoms with van der Waals surface area (Å²) >= 11 is 0. The Kier molecular flexibility index (Phi) is 3.04. The van der Waals surface area contributed by atoms with Gasteiger partial charge in [-0.15, -0.1) is 0 Å². The van der Waals surface area contributed by atoms with E-state index in [0.29, 0.717) is 11.8 Å². The van der Waals surface area contributed by atoms with Gasteiger partial charge in [0.25, 0.3) is 0 Å². The molecule has 0 radical (unpaired) electrons. The zero-order valence-corrected chi connectivity index (χ0v) is 11.0. The molecule has 0 amide bonds. The molecule has 1 aromatic carbocycles. The second kappa shape index (κ2) is 4.22. The van der Waals surface area contributed by atoms with Crippen LogP contribution in [0.5, 0.6) is 11.5 Å². The second-order valence-electron chi connectivity index (χ2n) is 5.25. The average Bonchev–Trinajstić information content (AvgIpc) is 2.89. The Labute approximate surface area is 103 Å². The first-order valence-corrected chi connectivity index (χ1v) is 5.98. The fourth-order valence-corrected chi connectivity index (χ4v) is 2.88. The molecule has 3 heteroatoms. The van der Waals surface area contributed by atoms with Crippen molar-refractivity contribution in [3.05, 3.63) is 23.8 Å². The minimum atomic E-state index is 0.258. The lowest BCUT2D eigenvalue weighted by Gasteiger charge is -2.11. The van der Waals surface area contributed by atoms with E-state index in [9.17, 15) is 0 Å². The number of ether oxygens (including phenoxy) is 2. The summed E-state index contributed by atoms with van der Waals surface area (Å²) in [5.74, 6) is 2.81. The first-order chi connectivity index (χ1) is 8.06. The number of rotatable bonds is 4. The zero-order chi connectivity index (χ0) is 12.6. The zero-order valence-electron chi connectivity index (χ0n) is 11.0. The van der Waals surface area contributed by atoms with Gasteiger partial charge in [0.05, 0.1) is 14.2 Å². The Bertz CT molecular complexity index is 415. The SMILES string of the molecule is COc1ccc(OC)c(C2C(CN)C2(C)C)c1. The average molecular weight is 235 g/mol. The van der Waals surface area contributed by atoms with Gasteiger partial charge in [-0.3, -0.25) is 0 Å². The molecule has 1 fully saturated rings. The van der Waals surface area contributed by atoms with E-state index in [0.717, 1.165) is 18.0 Å². The molecule has 17 heavy (non-hydrogen) atoms. The molecule has 1 aliphatic carbocycles. The van der Waals surface area contributed by atoms with Crippen LogP contribution in [0.15, 0.2) is 18.2 Å². The van der Waals surface area contributed by atoms with E-state index in [4.69, 9.17) is 15.2 Å². The summed E-state index contributed by atoms with van der Waals surface area (Å²) in [6.07, 6.45) is 0. The molecule has 94 valence electrons. The summed E-state index contributed by atoms with van der Waals surface area (Å²) in [5, 5.41) is 0. The minimum Gasteiger partial charge on any atom is -0.497 e. The highest BCUT2D eigenvalue weighted by molar-refractivity contribution is 5.47. The van der Waals surface area contributed by atoms with Crippen LogP contribution >= 0.6 is 0 Å². The van der Waals surface area contributed by atoms with E-state index >= 15 is 0 Å². The van der Waals surface area contributed by atoms with Gasteiger partial charge in [0.1, 0.15) is 11.5 Å². The Hall–Kier alpha value is -1.22.